The number of fused-ring (bicyclic) bond motifs is 12. The Kier molecular flexibility index (Phi) is 5.82. The van der Waals surface area contributed by atoms with Crippen LogP contribution >= 0.6 is 0 Å². The third-order valence-electron chi connectivity index (χ3n) is 10.9. The lowest BCUT2D eigenvalue weighted by molar-refractivity contribution is 0.889. The fourth-order valence-corrected chi connectivity index (χ4v) is 8.83. The lowest BCUT2D eigenvalue weighted by Gasteiger charge is -2.16. The lowest BCUT2D eigenvalue weighted by Crippen LogP contribution is -2.03. The van der Waals surface area contributed by atoms with Crippen molar-refractivity contribution in [2.75, 3.05) is 0 Å². The van der Waals surface area contributed by atoms with Gasteiger partial charge in [-0.15, -0.1) is 0 Å². The van der Waals surface area contributed by atoms with Crippen molar-refractivity contribution in [3.8, 4) is 22.5 Å². The number of rotatable bonds is 3. The average Bonchev–Trinajstić information content (AvgIpc) is 3.71. The van der Waals surface area contributed by atoms with Crippen LogP contribution < -0.4 is 0 Å². The highest BCUT2D eigenvalue weighted by Gasteiger charge is 2.22. The van der Waals surface area contributed by atoms with Crippen molar-refractivity contribution in [2.45, 2.75) is 12.8 Å². The third kappa shape index (κ3) is 3.85. The average molecular weight is 637 g/mol. The van der Waals surface area contributed by atoms with Gasteiger partial charge in [0.15, 0.2) is 0 Å². The zero-order chi connectivity index (χ0) is 32.8. The fraction of sp³-hybridized carbons (Fsp3) is 0.0417. The smallest absolute Gasteiger partial charge is 0.0547 e. The Balaban J connectivity index is 1.16. The number of hydrogen-bond acceptors (Lipinski definition) is 0. The van der Waals surface area contributed by atoms with Crippen LogP contribution in [0.2, 0.25) is 0 Å². The SMILES string of the molecule is C1=Cc2c(n(-c3ccc4c5ccccc5c5ccccc5c4c3)c3ccc(-c4cccc5c4c4ccccc4n5-c4ccccc4)cc23)CC1. The second-order valence-corrected chi connectivity index (χ2v) is 13.6. The number of aromatic nitrogens is 2. The van der Waals surface area contributed by atoms with Crippen molar-refractivity contribution in [1.29, 1.82) is 0 Å². The molecular formula is C48H32N2. The maximum absolute atomic E-state index is 2.53. The Morgan fingerprint density at radius 2 is 1.04 bits per heavy atom. The Morgan fingerprint density at radius 1 is 0.400 bits per heavy atom. The topological polar surface area (TPSA) is 9.86 Å². The van der Waals surface area contributed by atoms with E-state index in [0.717, 1.165) is 12.8 Å². The number of hydrogen-bond donors (Lipinski definition) is 0. The lowest BCUT2D eigenvalue weighted by atomic mass is 9.94. The molecule has 1 aliphatic rings. The summed E-state index contributed by atoms with van der Waals surface area (Å²) in [5.74, 6) is 0. The van der Waals surface area contributed by atoms with E-state index in [1.54, 1.807) is 0 Å². The highest BCUT2D eigenvalue weighted by atomic mass is 15.0. The molecule has 2 nitrogen and oxygen atoms in total. The molecule has 234 valence electrons. The van der Waals surface area contributed by atoms with Crippen molar-refractivity contribution in [1.82, 2.24) is 9.13 Å². The summed E-state index contributed by atoms with van der Waals surface area (Å²) in [4.78, 5) is 0. The summed E-state index contributed by atoms with van der Waals surface area (Å²) in [5, 5.41) is 11.7. The van der Waals surface area contributed by atoms with Crippen LogP contribution in [0.5, 0.6) is 0 Å². The first-order valence-electron chi connectivity index (χ1n) is 17.6. The first-order chi connectivity index (χ1) is 24.8. The van der Waals surface area contributed by atoms with Crippen LogP contribution in [-0.2, 0) is 6.42 Å². The molecule has 0 amide bonds. The Hall–Kier alpha value is -6.38. The van der Waals surface area contributed by atoms with E-state index in [1.165, 1.54) is 98.8 Å². The van der Waals surface area contributed by atoms with Crippen LogP contribution in [0.3, 0.4) is 0 Å². The Labute approximate surface area is 289 Å². The summed E-state index contributed by atoms with van der Waals surface area (Å²) >= 11 is 0. The summed E-state index contributed by atoms with van der Waals surface area (Å²) < 4.78 is 4.93. The zero-order valence-corrected chi connectivity index (χ0v) is 27.5. The second kappa shape index (κ2) is 10.6. The molecule has 0 radical (unpaired) electrons. The van der Waals surface area contributed by atoms with Gasteiger partial charge in [-0.05, 0) is 105 Å². The number of allylic oxidation sites excluding steroid dienone is 1. The normalized spacial score (nSPS) is 13.0. The van der Waals surface area contributed by atoms with Crippen LogP contribution in [-0.4, -0.2) is 9.13 Å². The molecule has 0 unspecified atom stereocenters. The summed E-state index contributed by atoms with van der Waals surface area (Å²) in [6.07, 6.45) is 6.77. The van der Waals surface area contributed by atoms with Crippen LogP contribution in [0, 0.1) is 0 Å². The van der Waals surface area contributed by atoms with E-state index in [-0.39, 0.29) is 0 Å². The Bertz CT molecular complexity index is 2990. The maximum atomic E-state index is 2.53. The van der Waals surface area contributed by atoms with E-state index >= 15 is 0 Å². The maximum Gasteiger partial charge on any atom is 0.0547 e. The van der Waals surface area contributed by atoms with Gasteiger partial charge in [-0.2, -0.15) is 0 Å². The molecule has 11 rings (SSSR count). The summed E-state index contributed by atoms with van der Waals surface area (Å²) in [5.41, 5.74) is 11.4. The monoisotopic (exact) mass is 636 g/mol. The molecule has 10 aromatic rings. The van der Waals surface area contributed by atoms with Gasteiger partial charge in [-0.25, -0.2) is 0 Å². The van der Waals surface area contributed by atoms with Gasteiger partial charge in [0.2, 0.25) is 0 Å². The molecule has 0 atom stereocenters. The summed E-state index contributed by atoms with van der Waals surface area (Å²) in [7, 11) is 0. The molecule has 2 heteroatoms. The molecule has 2 aromatic heterocycles. The quantitative estimate of drug-likeness (QED) is 0.171. The van der Waals surface area contributed by atoms with Crippen molar-refractivity contribution < 1.29 is 0 Å². The highest BCUT2D eigenvalue weighted by molar-refractivity contribution is 6.25. The molecule has 0 saturated heterocycles. The van der Waals surface area contributed by atoms with E-state index in [9.17, 15) is 0 Å². The van der Waals surface area contributed by atoms with Gasteiger partial charge in [0.05, 0.1) is 16.6 Å². The predicted molar refractivity (Wildman–Crippen MR) is 213 cm³/mol. The fourth-order valence-electron chi connectivity index (χ4n) is 8.83. The van der Waals surface area contributed by atoms with Crippen molar-refractivity contribution in [3.05, 3.63) is 175 Å². The van der Waals surface area contributed by atoms with E-state index in [4.69, 9.17) is 0 Å². The zero-order valence-electron chi connectivity index (χ0n) is 27.5. The molecule has 0 fully saturated rings. The van der Waals surface area contributed by atoms with E-state index in [0.29, 0.717) is 0 Å². The second-order valence-electron chi connectivity index (χ2n) is 13.6. The van der Waals surface area contributed by atoms with Crippen molar-refractivity contribution >= 4 is 71.1 Å². The minimum absolute atomic E-state index is 1.02. The van der Waals surface area contributed by atoms with Crippen LogP contribution in [0.15, 0.2) is 164 Å². The van der Waals surface area contributed by atoms with E-state index in [2.05, 4.69) is 179 Å². The van der Waals surface area contributed by atoms with Crippen LogP contribution in [0.25, 0.3) is 93.6 Å². The van der Waals surface area contributed by atoms with Gasteiger partial charge < -0.3 is 9.13 Å². The van der Waals surface area contributed by atoms with Crippen LogP contribution in [0.1, 0.15) is 17.7 Å². The molecule has 0 aliphatic heterocycles. The molecule has 0 N–H and O–H groups in total. The minimum atomic E-state index is 1.02. The van der Waals surface area contributed by atoms with E-state index in [1.807, 2.05) is 0 Å². The van der Waals surface area contributed by atoms with E-state index < -0.39 is 0 Å². The van der Waals surface area contributed by atoms with Gasteiger partial charge in [-0.1, -0.05) is 121 Å². The van der Waals surface area contributed by atoms with Gasteiger partial charge in [0, 0.05) is 38.8 Å². The van der Waals surface area contributed by atoms with Gasteiger partial charge >= 0.3 is 0 Å². The van der Waals surface area contributed by atoms with Crippen LogP contribution in [0.4, 0.5) is 0 Å². The first kappa shape index (κ1) is 27.6. The summed E-state index contributed by atoms with van der Waals surface area (Å²) in [6.45, 7) is 0. The number of nitrogens with zero attached hydrogens (tertiary/aromatic N) is 2. The van der Waals surface area contributed by atoms with Gasteiger partial charge in [-0.3, -0.25) is 0 Å². The molecule has 0 bridgehead atoms. The third-order valence-corrected chi connectivity index (χ3v) is 10.9. The largest absolute Gasteiger partial charge is 0.313 e. The van der Waals surface area contributed by atoms with Gasteiger partial charge in [0.25, 0.3) is 0 Å². The molecule has 2 heterocycles. The van der Waals surface area contributed by atoms with Crippen molar-refractivity contribution in [2.24, 2.45) is 0 Å². The molecule has 0 spiro atoms. The van der Waals surface area contributed by atoms with Crippen molar-refractivity contribution in [3.63, 3.8) is 0 Å². The highest BCUT2D eigenvalue weighted by Crippen LogP contribution is 2.42. The Morgan fingerprint density at radius 3 is 1.82 bits per heavy atom. The molecule has 50 heavy (non-hydrogen) atoms. The number of para-hydroxylation sites is 2. The summed E-state index contributed by atoms with van der Waals surface area (Å²) in [6, 6.07) is 58.2. The first-order valence-corrected chi connectivity index (χ1v) is 17.6. The standard InChI is InChI=1S/C48H32N2/c1-2-13-32(14-3-1)49-45-23-11-9-20-41(45)48-34(21-12-24-47(48)49)31-25-28-46-43(29-31)40-19-8-10-22-44(40)50(46)33-26-27-39-37-17-5-4-15-35(37)36-16-6-7-18-38(36)42(39)30-33/h1-9,11-21,23-30H,10,22H2. The number of benzene rings is 8. The molecule has 1 aliphatic carbocycles. The van der Waals surface area contributed by atoms with Gasteiger partial charge in [0.1, 0.15) is 0 Å². The minimum Gasteiger partial charge on any atom is -0.313 e. The molecule has 0 saturated carbocycles. The predicted octanol–water partition coefficient (Wildman–Crippen LogP) is 12.8. The molecular weight excluding hydrogens is 605 g/mol. The molecule has 8 aromatic carbocycles.